The van der Waals surface area contributed by atoms with Gasteiger partial charge in [0.1, 0.15) is 11.1 Å². The normalized spacial score (nSPS) is 10.9. The zero-order valence-corrected chi connectivity index (χ0v) is 15.4. The van der Waals surface area contributed by atoms with E-state index in [2.05, 4.69) is 10.3 Å². The predicted molar refractivity (Wildman–Crippen MR) is 102 cm³/mol. The number of aryl methyl sites for hydroxylation is 2. The molecule has 3 aromatic rings. The number of rotatable bonds is 5. The summed E-state index contributed by atoms with van der Waals surface area (Å²) in [4.78, 5) is 29.3. The molecule has 0 bridgehead atoms. The summed E-state index contributed by atoms with van der Waals surface area (Å²) in [5.41, 5.74) is 2.23. The first-order valence-corrected chi connectivity index (χ1v) is 8.43. The number of ether oxygens (including phenoxy) is 1. The summed E-state index contributed by atoms with van der Waals surface area (Å²) in [6, 6.07) is 7.71. The fourth-order valence-corrected chi connectivity index (χ4v) is 3.07. The fraction of sp³-hybridized carbons (Fsp3) is 0.316. The molecule has 2 heterocycles. The van der Waals surface area contributed by atoms with Gasteiger partial charge in [-0.15, -0.1) is 0 Å². The lowest BCUT2D eigenvalue weighted by Crippen LogP contribution is -2.37. The molecule has 0 saturated heterocycles. The van der Waals surface area contributed by atoms with Crippen molar-refractivity contribution in [3.63, 3.8) is 0 Å². The van der Waals surface area contributed by atoms with Crippen LogP contribution in [0.4, 0.5) is 5.69 Å². The molecular weight excluding hydrogens is 332 g/mol. The predicted octanol–water partition coefficient (Wildman–Crippen LogP) is 1.82. The maximum absolute atomic E-state index is 12.8. The SMILES string of the molecule is CCc1cnc2c(c1NCc1ccccc1OC)c(=O)n(C)c(=O)n2C. The van der Waals surface area contributed by atoms with Crippen molar-refractivity contribution in [3.05, 3.63) is 62.4 Å². The average molecular weight is 354 g/mol. The Morgan fingerprint density at radius 3 is 2.54 bits per heavy atom. The number of aromatic nitrogens is 3. The Bertz CT molecular complexity index is 1080. The van der Waals surface area contributed by atoms with E-state index < -0.39 is 5.69 Å². The Labute approximate surface area is 150 Å². The lowest BCUT2D eigenvalue weighted by atomic mass is 10.1. The van der Waals surface area contributed by atoms with Crippen LogP contribution in [0.25, 0.3) is 11.0 Å². The molecule has 0 spiro atoms. The van der Waals surface area contributed by atoms with E-state index in [4.69, 9.17) is 4.74 Å². The smallest absolute Gasteiger partial charge is 0.332 e. The van der Waals surface area contributed by atoms with Gasteiger partial charge in [-0.05, 0) is 18.1 Å². The third kappa shape index (κ3) is 2.85. The highest BCUT2D eigenvalue weighted by molar-refractivity contribution is 5.90. The van der Waals surface area contributed by atoms with Crippen LogP contribution in [0.1, 0.15) is 18.1 Å². The maximum atomic E-state index is 12.8. The Balaban J connectivity index is 2.18. The number of benzene rings is 1. The van der Waals surface area contributed by atoms with Crippen molar-refractivity contribution < 1.29 is 4.74 Å². The van der Waals surface area contributed by atoms with Gasteiger partial charge >= 0.3 is 5.69 Å². The number of fused-ring (bicyclic) bond motifs is 1. The quantitative estimate of drug-likeness (QED) is 0.756. The standard InChI is InChI=1S/C19H22N4O3/c1-5-12-10-21-17-15(18(24)23(3)19(25)22(17)2)16(12)20-11-13-8-6-7-9-14(13)26-4/h6-10H,5,11H2,1-4H3,(H,20,21). The summed E-state index contributed by atoms with van der Waals surface area (Å²) in [5.74, 6) is 0.775. The number of pyridine rings is 1. The first kappa shape index (κ1) is 17.7. The minimum Gasteiger partial charge on any atom is -0.496 e. The second-order valence-corrected chi connectivity index (χ2v) is 6.08. The molecule has 0 amide bonds. The second kappa shape index (κ2) is 7.03. The van der Waals surface area contributed by atoms with Crippen LogP contribution in [0.15, 0.2) is 40.1 Å². The molecule has 0 radical (unpaired) electrons. The maximum Gasteiger partial charge on any atom is 0.332 e. The fourth-order valence-electron chi connectivity index (χ4n) is 3.07. The van der Waals surface area contributed by atoms with Crippen LogP contribution >= 0.6 is 0 Å². The zero-order valence-electron chi connectivity index (χ0n) is 15.4. The molecule has 0 unspecified atom stereocenters. The van der Waals surface area contributed by atoms with Crippen molar-refractivity contribution >= 4 is 16.7 Å². The van der Waals surface area contributed by atoms with Crippen LogP contribution in [0.2, 0.25) is 0 Å². The Morgan fingerprint density at radius 1 is 1.12 bits per heavy atom. The van der Waals surface area contributed by atoms with Crippen molar-refractivity contribution in [2.24, 2.45) is 14.1 Å². The van der Waals surface area contributed by atoms with Crippen LogP contribution in [-0.2, 0) is 27.1 Å². The van der Waals surface area contributed by atoms with Gasteiger partial charge in [0, 0.05) is 32.4 Å². The Morgan fingerprint density at radius 2 is 1.85 bits per heavy atom. The number of nitrogens with zero attached hydrogens (tertiary/aromatic N) is 3. The number of anilines is 1. The molecule has 2 aromatic heterocycles. The third-order valence-corrected chi connectivity index (χ3v) is 4.58. The van der Waals surface area contributed by atoms with E-state index in [-0.39, 0.29) is 5.56 Å². The van der Waals surface area contributed by atoms with Gasteiger partial charge in [0.25, 0.3) is 5.56 Å². The van der Waals surface area contributed by atoms with E-state index in [1.807, 2.05) is 31.2 Å². The monoisotopic (exact) mass is 354 g/mol. The van der Waals surface area contributed by atoms with Crippen molar-refractivity contribution in [1.29, 1.82) is 0 Å². The highest BCUT2D eigenvalue weighted by atomic mass is 16.5. The molecule has 136 valence electrons. The molecule has 0 fully saturated rings. The lowest BCUT2D eigenvalue weighted by Gasteiger charge is -2.16. The van der Waals surface area contributed by atoms with Crippen molar-refractivity contribution in [3.8, 4) is 5.75 Å². The Kier molecular flexibility index (Phi) is 4.79. The minimum absolute atomic E-state index is 0.353. The van der Waals surface area contributed by atoms with Gasteiger partial charge < -0.3 is 10.1 Å². The van der Waals surface area contributed by atoms with Gasteiger partial charge in [-0.3, -0.25) is 13.9 Å². The average Bonchev–Trinajstić information content (AvgIpc) is 2.68. The summed E-state index contributed by atoms with van der Waals surface area (Å²) >= 11 is 0. The van der Waals surface area contributed by atoms with Gasteiger partial charge in [-0.25, -0.2) is 9.78 Å². The van der Waals surface area contributed by atoms with Gasteiger partial charge in [-0.1, -0.05) is 25.1 Å². The molecule has 3 rings (SSSR count). The number of para-hydroxylation sites is 1. The van der Waals surface area contributed by atoms with Crippen molar-refractivity contribution in [1.82, 2.24) is 14.1 Å². The van der Waals surface area contributed by atoms with Crippen LogP contribution < -0.4 is 21.3 Å². The Hall–Kier alpha value is -3.09. The topological polar surface area (TPSA) is 78.2 Å². The summed E-state index contributed by atoms with van der Waals surface area (Å²) in [5, 5.41) is 3.78. The van der Waals surface area contributed by atoms with Crippen LogP contribution in [0.5, 0.6) is 5.75 Å². The molecule has 7 heteroatoms. The highest BCUT2D eigenvalue weighted by Crippen LogP contribution is 2.25. The summed E-state index contributed by atoms with van der Waals surface area (Å²) in [6.45, 7) is 2.49. The molecule has 0 aliphatic carbocycles. The first-order valence-electron chi connectivity index (χ1n) is 8.43. The van der Waals surface area contributed by atoms with E-state index in [1.54, 1.807) is 20.4 Å². The van der Waals surface area contributed by atoms with E-state index in [0.29, 0.717) is 29.7 Å². The zero-order chi connectivity index (χ0) is 18.8. The molecule has 1 N–H and O–H groups in total. The summed E-state index contributed by atoms with van der Waals surface area (Å²) in [7, 11) is 4.73. The van der Waals surface area contributed by atoms with E-state index in [1.165, 1.54) is 11.6 Å². The molecule has 0 aliphatic heterocycles. The van der Waals surface area contributed by atoms with E-state index in [0.717, 1.165) is 21.4 Å². The molecule has 0 aliphatic rings. The van der Waals surface area contributed by atoms with Crippen molar-refractivity contribution in [2.75, 3.05) is 12.4 Å². The summed E-state index contributed by atoms with van der Waals surface area (Å²) < 4.78 is 7.89. The number of hydrogen-bond donors (Lipinski definition) is 1. The highest BCUT2D eigenvalue weighted by Gasteiger charge is 2.16. The van der Waals surface area contributed by atoms with E-state index in [9.17, 15) is 9.59 Å². The van der Waals surface area contributed by atoms with Gasteiger partial charge in [-0.2, -0.15) is 0 Å². The number of methoxy groups -OCH3 is 1. The molecule has 26 heavy (non-hydrogen) atoms. The lowest BCUT2D eigenvalue weighted by molar-refractivity contribution is 0.410. The van der Waals surface area contributed by atoms with Gasteiger partial charge in [0.15, 0.2) is 5.65 Å². The molecule has 7 nitrogen and oxygen atoms in total. The molecular formula is C19H22N4O3. The molecule has 0 saturated carbocycles. The van der Waals surface area contributed by atoms with Gasteiger partial charge in [0.05, 0.1) is 12.8 Å². The largest absolute Gasteiger partial charge is 0.496 e. The number of hydrogen-bond acceptors (Lipinski definition) is 5. The van der Waals surface area contributed by atoms with Crippen LogP contribution in [-0.4, -0.2) is 21.2 Å². The third-order valence-electron chi connectivity index (χ3n) is 4.58. The van der Waals surface area contributed by atoms with Gasteiger partial charge in [0.2, 0.25) is 0 Å². The first-order chi connectivity index (χ1) is 12.5. The van der Waals surface area contributed by atoms with Crippen LogP contribution in [0, 0.1) is 0 Å². The molecule has 1 aromatic carbocycles. The van der Waals surface area contributed by atoms with E-state index >= 15 is 0 Å². The number of nitrogens with one attached hydrogen (secondary N) is 1. The van der Waals surface area contributed by atoms with Crippen molar-refractivity contribution in [2.45, 2.75) is 19.9 Å². The second-order valence-electron chi connectivity index (χ2n) is 6.08. The minimum atomic E-state index is -0.394. The summed E-state index contributed by atoms with van der Waals surface area (Å²) in [6.07, 6.45) is 2.43. The van der Waals surface area contributed by atoms with Crippen LogP contribution in [0.3, 0.4) is 0 Å². The molecule has 0 atom stereocenters.